The Labute approximate surface area is 149 Å². The maximum Gasteiger partial charge on any atom is 0.188 e. The molecule has 0 aliphatic heterocycles. The van der Waals surface area contributed by atoms with E-state index in [1.165, 1.54) is 0 Å². The van der Waals surface area contributed by atoms with Crippen LogP contribution in [0.4, 0.5) is 0 Å². The fourth-order valence-corrected chi connectivity index (χ4v) is 1.75. The Morgan fingerprint density at radius 2 is 1.95 bits per heavy atom. The molecule has 7 heteroatoms. The van der Waals surface area contributed by atoms with Crippen molar-refractivity contribution in [1.29, 1.82) is 0 Å². The Balaban J connectivity index is 0.00000441. The van der Waals surface area contributed by atoms with E-state index in [0.29, 0.717) is 24.0 Å². The van der Waals surface area contributed by atoms with E-state index in [0.717, 1.165) is 31.7 Å². The lowest BCUT2D eigenvalue weighted by Crippen LogP contribution is -2.32. The first-order valence-electron chi connectivity index (χ1n) is 7.03. The number of nitrogens with one attached hydrogen (secondary N) is 1. The van der Waals surface area contributed by atoms with Gasteiger partial charge in [0.2, 0.25) is 0 Å². The quantitative estimate of drug-likeness (QED) is 0.276. The molecule has 0 aromatic heterocycles. The van der Waals surface area contributed by atoms with Crippen LogP contribution in [0.3, 0.4) is 0 Å². The average Bonchev–Trinajstić information content (AvgIpc) is 2.52. The second-order valence-corrected chi connectivity index (χ2v) is 4.37. The minimum Gasteiger partial charge on any atom is -0.493 e. The molecule has 0 aliphatic carbocycles. The molecule has 1 aromatic rings. The normalized spacial score (nSPS) is 10.8. The molecule has 1 aromatic carbocycles. The summed E-state index contributed by atoms with van der Waals surface area (Å²) in [6.45, 7) is 4.69. The molecular formula is C15H26IN3O3. The smallest absolute Gasteiger partial charge is 0.188 e. The Bertz CT molecular complexity index is 456. The summed E-state index contributed by atoms with van der Waals surface area (Å²) in [5.74, 6) is 1.82. The molecule has 0 atom stereocenters. The van der Waals surface area contributed by atoms with Crippen LogP contribution in [0.5, 0.6) is 11.5 Å². The van der Waals surface area contributed by atoms with Gasteiger partial charge in [-0.3, -0.25) is 0 Å². The molecule has 0 bridgehead atoms. The molecule has 0 heterocycles. The van der Waals surface area contributed by atoms with Gasteiger partial charge in [-0.15, -0.1) is 24.0 Å². The van der Waals surface area contributed by atoms with Gasteiger partial charge in [-0.25, -0.2) is 4.99 Å². The van der Waals surface area contributed by atoms with Crippen molar-refractivity contribution < 1.29 is 14.2 Å². The fraction of sp³-hybridized carbons (Fsp3) is 0.533. The van der Waals surface area contributed by atoms with E-state index in [1.54, 1.807) is 14.2 Å². The van der Waals surface area contributed by atoms with Crippen LogP contribution >= 0.6 is 24.0 Å². The molecule has 126 valence electrons. The van der Waals surface area contributed by atoms with Gasteiger partial charge < -0.3 is 25.3 Å². The summed E-state index contributed by atoms with van der Waals surface area (Å²) >= 11 is 0. The van der Waals surface area contributed by atoms with E-state index in [4.69, 9.17) is 19.9 Å². The van der Waals surface area contributed by atoms with E-state index < -0.39 is 0 Å². The minimum absolute atomic E-state index is 0. The van der Waals surface area contributed by atoms with E-state index in [1.807, 2.05) is 25.1 Å². The van der Waals surface area contributed by atoms with Crippen molar-refractivity contribution in [3.05, 3.63) is 23.8 Å². The number of halogens is 1. The summed E-state index contributed by atoms with van der Waals surface area (Å²) in [6.07, 6.45) is 0.903. The van der Waals surface area contributed by atoms with Crippen molar-refractivity contribution in [2.24, 2.45) is 10.7 Å². The zero-order valence-corrected chi connectivity index (χ0v) is 15.8. The first-order valence-corrected chi connectivity index (χ1v) is 7.03. The Hall–Kier alpha value is -1.22. The molecule has 1 rings (SSSR count). The van der Waals surface area contributed by atoms with Crippen LogP contribution in [0.2, 0.25) is 0 Å². The van der Waals surface area contributed by atoms with Crippen LogP contribution in [-0.2, 0) is 11.3 Å². The van der Waals surface area contributed by atoms with E-state index in [-0.39, 0.29) is 24.0 Å². The van der Waals surface area contributed by atoms with Crippen LogP contribution in [0.25, 0.3) is 0 Å². The molecule has 22 heavy (non-hydrogen) atoms. The van der Waals surface area contributed by atoms with Gasteiger partial charge in [-0.05, 0) is 31.0 Å². The lowest BCUT2D eigenvalue weighted by atomic mass is 10.2. The van der Waals surface area contributed by atoms with Gasteiger partial charge in [-0.1, -0.05) is 6.07 Å². The number of nitrogens with two attached hydrogens (primary N) is 1. The van der Waals surface area contributed by atoms with Gasteiger partial charge in [0, 0.05) is 19.8 Å². The molecule has 6 nitrogen and oxygen atoms in total. The van der Waals surface area contributed by atoms with Gasteiger partial charge in [-0.2, -0.15) is 0 Å². The number of hydrogen-bond acceptors (Lipinski definition) is 4. The molecule has 0 unspecified atom stereocenters. The predicted octanol–water partition coefficient (Wildman–Crippen LogP) is 2.15. The van der Waals surface area contributed by atoms with Crippen molar-refractivity contribution in [1.82, 2.24) is 5.32 Å². The van der Waals surface area contributed by atoms with Gasteiger partial charge in [0.15, 0.2) is 17.5 Å². The number of methoxy groups -OCH3 is 2. The number of guanidine groups is 1. The highest BCUT2D eigenvalue weighted by Crippen LogP contribution is 2.27. The Kier molecular flexibility index (Phi) is 11.7. The molecule has 0 saturated carbocycles. The van der Waals surface area contributed by atoms with Crippen molar-refractivity contribution >= 4 is 29.9 Å². The van der Waals surface area contributed by atoms with Crippen molar-refractivity contribution in [3.8, 4) is 11.5 Å². The number of aliphatic imine (C=N–C) groups is 1. The zero-order chi connectivity index (χ0) is 15.5. The van der Waals surface area contributed by atoms with Crippen LogP contribution in [0, 0.1) is 0 Å². The standard InChI is InChI=1S/C15H25N3O3.HI/c1-4-21-9-5-8-17-15(16)18-11-12-6-7-13(19-2)14(10-12)20-3;/h6-7,10H,4-5,8-9,11H2,1-3H3,(H3,16,17,18);1H. The molecule has 0 aliphatic rings. The van der Waals surface area contributed by atoms with Crippen molar-refractivity contribution in [3.63, 3.8) is 0 Å². The van der Waals surface area contributed by atoms with Gasteiger partial charge in [0.1, 0.15) is 0 Å². The van der Waals surface area contributed by atoms with Crippen molar-refractivity contribution in [2.75, 3.05) is 34.0 Å². The first-order chi connectivity index (χ1) is 10.2. The second kappa shape index (κ2) is 12.3. The minimum atomic E-state index is 0. The van der Waals surface area contributed by atoms with Crippen LogP contribution in [-0.4, -0.2) is 39.9 Å². The van der Waals surface area contributed by atoms with E-state index >= 15 is 0 Å². The molecular weight excluding hydrogens is 397 g/mol. The van der Waals surface area contributed by atoms with Crippen LogP contribution in [0.15, 0.2) is 23.2 Å². The largest absolute Gasteiger partial charge is 0.493 e. The van der Waals surface area contributed by atoms with Gasteiger partial charge in [0.05, 0.1) is 20.8 Å². The summed E-state index contributed by atoms with van der Waals surface area (Å²) in [7, 11) is 3.22. The Morgan fingerprint density at radius 3 is 2.59 bits per heavy atom. The number of benzene rings is 1. The highest BCUT2D eigenvalue weighted by atomic mass is 127. The third-order valence-electron chi connectivity index (χ3n) is 2.86. The highest BCUT2D eigenvalue weighted by molar-refractivity contribution is 14.0. The molecule has 0 radical (unpaired) electrons. The number of ether oxygens (including phenoxy) is 3. The van der Waals surface area contributed by atoms with E-state index in [2.05, 4.69) is 10.3 Å². The number of nitrogens with zero attached hydrogens (tertiary/aromatic N) is 1. The summed E-state index contributed by atoms with van der Waals surface area (Å²) in [4.78, 5) is 4.29. The molecule has 3 N–H and O–H groups in total. The van der Waals surface area contributed by atoms with Crippen molar-refractivity contribution in [2.45, 2.75) is 19.9 Å². The van der Waals surface area contributed by atoms with Gasteiger partial charge >= 0.3 is 0 Å². The lowest BCUT2D eigenvalue weighted by molar-refractivity contribution is 0.145. The van der Waals surface area contributed by atoms with E-state index in [9.17, 15) is 0 Å². The monoisotopic (exact) mass is 423 g/mol. The lowest BCUT2D eigenvalue weighted by Gasteiger charge is -2.09. The highest BCUT2D eigenvalue weighted by Gasteiger charge is 2.04. The third-order valence-corrected chi connectivity index (χ3v) is 2.86. The molecule has 0 amide bonds. The first kappa shape index (κ1) is 20.8. The number of hydrogen-bond donors (Lipinski definition) is 2. The summed E-state index contributed by atoms with van der Waals surface area (Å²) in [5, 5.41) is 3.05. The molecule has 0 fully saturated rings. The summed E-state index contributed by atoms with van der Waals surface area (Å²) < 4.78 is 15.7. The predicted molar refractivity (Wildman–Crippen MR) is 99.4 cm³/mol. The maximum absolute atomic E-state index is 5.81. The van der Waals surface area contributed by atoms with Gasteiger partial charge in [0.25, 0.3) is 0 Å². The summed E-state index contributed by atoms with van der Waals surface area (Å²) in [6, 6.07) is 5.69. The SMILES string of the molecule is CCOCCCNC(N)=NCc1ccc(OC)c(OC)c1.I. The molecule has 0 saturated heterocycles. The Morgan fingerprint density at radius 1 is 1.23 bits per heavy atom. The molecule has 0 spiro atoms. The average molecular weight is 423 g/mol. The van der Waals surface area contributed by atoms with Crippen LogP contribution < -0.4 is 20.5 Å². The summed E-state index contributed by atoms with van der Waals surface area (Å²) in [5.41, 5.74) is 6.81. The third kappa shape index (κ3) is 7.69. The van der Waals surface area contributed by atoms with Crippen LogP contribution in [0.1, 0.15) is 18.9 Å². The number of rotatable bonds is 9. The zero-order valence-electron chi connectivity index (χ0n) is 13.4. The topological polar surface area (TPSA) is 78.1 Å². The fourth-order valence-electron chi connectivity index (χ4n) is 1.75. The second-order valence-electron chi connectivity index (χ2n) is 4.37. The maximum atomic E-state index is 5.81.